The summed E-state index contributed by atoms with van der Waals surface area (Å²) in [6, 6.07) is 15.1. The van der Waals surface area contributed by atoms with Crippen molar-refractivity contribution < 1.29 is 9.53 Å². The molecule has 1 atom stereocenters. The molecule has 0 aliphatic carbocycles. The Bertz CT molecular complexity index is 644. The smallest absolute Gasteiger partial charge is 0.243 e. The standard InChI is InChI=1S/C18H21BrN2O2/c1-3-13(2)23-17-6-4-5-16(11-17)21-18(22)12-20-15-9-7-14(19)8-10-15/h4-11,13,20H,3,12H2,1-2H3,(H,21,22). The van der Waals surface area contributed by atoms with Gasteiger partial charge in [-0.15, -0.1) is 0 Å². The summed E-state index contributed by atoms with van der Waals surface area (Å²) in [5, 5.41) is 5.95. The van der Waals surface area contributed by atoms with Crippen molar-refractivity contribution in [1.82, 2.24) is 0 Å². The van der Waals surface area contributed by atoms with E-state index >= 15 is 0 Å². The second kappa shape index (κ2) is 8.58. The summed E-state index contributed by atoms with van der Waals surface area (Å²) in [5.41, 5.74) is 1.63. The number of hydrogen-bond acceptors (Lipinski definition) is 3. The average molecular weight is 377 g/mol. The first kappa shape index (κ1) is 17.3. The van der Waals surface area contributed by atoms with E-state index in [0.29, 0.717) is 0 Å². The first-order valence-electron chi connectivity index (χ1n) is 7.63. The zero-order chi connectivity index (χ0) is 16.7. The second-order valence-corrected chi connectivity index (χ2v) is 6.19. The minimum absolute atomic E-state index is 0.103. The van der Waals surface area contributed by atoms with Crippen LogP contribution in [0.4, 0.5) is 11.4 Å². The number of rotatable bonds is 7. The molecule has 0 heterocycles. The Balaban J connectivity index is 1.87. The first-order chi connectivity index (χ1) is 11.1. The van der Waals surface area contributed by atoms with Gasteiger partial charge in [-0.2, -0.15) is 0 Å². The van der Waals surface area contributed by atoms with Gasteiger partial charge in [0.1, 0.15) is 5.75 Å². The van der Waals surface area contributed by atoms with Crippen LogP contribution in [0.25, 0.3) is 0 Å². The lowest BCUT2D eigenvalue weighted by molar-refractivity contribution is -0.114. The molecule has 2 aromatic rings. The van der Waals surface area contributed by atoms with E-state index in [2.05, 4.69) is 33.5 Å². The fraction of sp³-hybridized carbons (Fsp3) is 0.278. The van der Waals surface area contributed by atoms with Gasteiger partial charge in [0.2, 0.25) is 5.91 Å². The normalized spacial score (nSPS) is 11.6. The maximum atomic E-state index is 12.0. The largest absolute Gasteiger partial charge is 0.491 e. The molecule has 0 fully saturated rings. The Morgan fingerprint density at radius 1 is 1.17 bits per heavy atom. The lowest BCUT2D eigenvalue weighted by Crippen LogP contribution is -2.21. The summed E-state index contributed by atoms with van der Waals surface area (Å²) in [6.45, 7) is 4.30. The minimum atomic E-state index is -0.103. The predicted molar refractivity (Wildman–Crippen MR) is 98.1 cm³/mol. The van der Waals surface area contributed by atoms with Crippen molar-refractivity contribution in [1.29, 1.82) is 0 Å². The van der Waals surface area contributed by atoms with Gasteiger partial charge in [-0.05, 0) is 49.7 Å². The van der Waals surface area contributed by atoms with Gasteiger partial charge in [0.25, 0.3) is 0 Å². The number of carbonyl (C=O) groups excluding carboxylic acids is 1. The van der Waals surface area contributed by atoms with Gasteiger partial charge in [-0.25, -0.2) is 0 Å². The van der Waals surface area contributed by atoms with Crippen LogP contribution in [0, 0.1) is 0 Å². The van der Waals surface area contributed by atoms with E-state index in [4.69, 9.17) is 4.74 Å². The molecule has 1 unspecified atom stereocenters. The molecule has 0 aromatic heterocycles. The van der Waals surface area contributed by atoms with Crippen LogP contribution in [0.1, 0.15) is 20.3 Å². The molecule has 0 aliphatic heterocycles. The Hall–Kier alpha value is -2.01. The van der Waals surface area contributed by atoms with Gasteiger partial charge in [-0.3, -0.25) is 4.79 Å². The maximum absolute atomic E-state index is 12.0. The molecular weight excluding hydrogens is 356 g/mol. The molecule has 2 N–H and O–H groups in total. The third-order valence-corrected chi connectivity index (χ3v) is 3.86. The number of carbonyl (C=O) groups is 1. The number of ether oxygens (including phenoxy) is 1. The maximum Gasteiger partial charge on any atom is 0.243 e. The average Bonchev–Trinajstić information content (AvgIpc) is 2.54. The van der Waals surface area contributed by atoms with Crippen LogP contribution < -0.4 is 15.4 Å². The SMILES string of the molecule is CCC(C)Oc1cccc(NC(=O)CNc2ccc(Br)cc2)c1. The highest BCUT2D eigenvalue weighted by molar-refractivity contribution is 9.10. The monoisotopic (exact) mass is 376 g/mol. The molecule has 2 rings (SSSR count). The molecule has 23 heavy (non-hydrogen) atoms. The molecule has 1 amide bonds. The van der Waals surface area contributed by atoms with Gasteiger partial charge < -0.3 is 15.4 Å². The van der Waals surface area contributed by atoms with E-state index in [0.717, 1.165) is 28.0 Å². The summed E-state index contributed by atoms with van der Waals surface area (Å²) in [5.74, 6) is 0.659. The molecule has 0 bridgehead atoms. The van der Waals surface area contributed by atoms with E-state index in [1.807, 2.05) is 55.5 Å². The Labute approximate surface area is 145 Å². The van der Waals surface area contributed by atoms with E-state index in [9.17, 15) is 4.79 Å². The van der Waals surface area contributed by atoms with Crippen LogP contribution in [0.3, 0.4) is 0 Å². The summed E-state index contributed by atoms with van der Waals surface area (Å²) < 4.78 is 6.76. The second-order valence-electron chi connectivity index (χ2n) is 5.27. The van der Waals surface area contributed by atoms with Crippen LogP contribution in [0.2, 0.25) is 0 Å². The minimum Gasteiger partial charge on any atom is -0.491 e. The predicted octanol–water partition coefficient (Wildman–Crippen LogP) is 4.68. The number of halogens is 1. The zero-order valence-electron chi connectivity index (χ0n) is 13.3. The van der Waals surface area contributed by atoms with Crippen LogP contribution in [-0.2, 0) is 4.79 Å². The van der Waals surface area contributed by atoms with Crippen molar-refractivity contribution in [3.8, 4) is 5.75 Å². The van der Waals surface area contributed by atoms with E-state index in [1.165, 1.54) is 0 Å². The van der Waals surface area contributed by atoms with Gasteiger partial charge in [0.05, 0.1) is 12.6 Å². The van der Waals surface area contributed by atoms with Crippen LogP contribution in [-0.4, -0.2) is 18.6 Å². The van der Waals surface area contributed by atoms with Gasteiger partial charge in [0, 0.05) is 21.9 Å². The molecule has 0 spiro atoms. The third-order valence-electron chi connectivity index (χ3n) is 3.33. The molecule has 0 radical (unpaired) electrons. The molecule has 122 valence electrons. The lowest BCUT2D eigenvalue weighted by atomic mass is 10.2. The molecule has 5 heteroatoms. The molecule has 4 nitrogen and oxygen atoms in total. The summed E-state index contributed by atoms with van der Waals surface area (Å²) in [6.07, 6.45) is 1.09. The van der Waals surface area contributed by atoms with Gasteiger partial charge in [-0.1, -0.05) is 28.9 Å². The molecule has 0 aliphatic rings. The molecular formula is C18H21BrN2O2. The summed E-state index contributed by atoms with van der Waals surface area (Å²) in [4.78, 5) is 12.0. The van der Waals surface area contributed by atoms with E-state index < -0.39 is 0 Å². The van der Waals surface area contributed by atoms with Crippen LogP contribution in [0.15, 0.2) is 53.0 Å². The lowest BCUT2D eigenvalue weighted by Gasteiger charge is -2.14. The number of hydrogen-bond donors (Lipinski definition) is 2. The molecule has 2 aromatic carbocycles. The fourth-order valence-corrected chi connectivity index (χ4v) is 2.18. The van der Waals surface area contributed by atoms with Crippen molar-refractivity contribution >= 4 is 33.2 Å². The van der Waals surface area contributed by atoms with Crippen molar-refractivity contribution in [3.63, 3.8) is 0 Å². The molecule has 0 saturated heterocycles. The number of amides is 1. The van der Waals surface area contributed by atoms with E-state index in [1.54, 1.807) is 0 Å². The van der Waals surface area contributed by atoms with Gasteiger partial charge >= 0.3 is 0 Å². The van der Waals surface area contributed by atoms with Crippen LogP contribution in [0.5, 0.6) is 5.75 Å². The van der Waals surface area contributed by atoms with Crippen LogP contribution >= 0.6 is 15.9 Å². The van der Waals surface area contributed by atoms with Gasteiger partial charge in [0.15, 0.2) is 0 Å². The Morgan fingerprint density at radius 3 is 2.61 bits per heavy atom. The summed E-state index contributed by atoms with van der Waals surface area (Å²) >= 11 is 3.38. The highest BCUT2D eigenvalue weighted by Crippen LogP contribution is 2.19. The highest BCUT2D eigenvalue weighted by atomic mass is 79.9. The number of nitrogens with one attached hydrogen (secondary N) is 2. The zero-order valence-corrected chi connectivity index (χ0v) is 14.9. The highest BCUT2D eigenvalue weighted by Gasteiger charge is 2.05. The third kappa shape index (κ3) is 5.94. The van der Waals surface area contributed by atoms with Crippen molar-refractivity contribution in [2.75, 3.05) is 17.2 Å². The quantitative estimate of drug-likeness (QED) is 0.737. The van der Waals surface area contributed by atoms with Crippen molar-refractivity contribution in [2.45, 2.75) is 26.4 Å². The van der Waals surface area contributed by atoms with E-state index in [-0.39, 0.29) is 18.6 Å². The topological polar surface area (TPSA) is 50.4 Å². The Kier molecular flexibility index (Phi) is 6.47. The fourth-order valence-electron chi connectivity index (χ4n) is 1.92. The molecule has 0 saturated carbocycles. The van der Waals surface area contributed by atoms with Crippen molar-refractivity contribution in [3.05, 3.63) is 53.0 Å². The summed E-state index contributed by atoms with van der Waals surface area (Å²) in [7, 11) is 0. The van der Waals surface area contributed by atoms with Crippen molar-refractivity contribution in [2.24, 2.45) is 0 Å². The number of anilines is 2. The Morgan fingerprint density at radius 2 is 1.91 bits per heavy atom. The first-order valence-corrected chi connectivity index (χ1v) is 8.42. The number of benzene rings is 2.